The van der Waals surface area contributed by atoms with Gasteiger partial charge in [0.25, 0.3) is 0 Å². The van der Waals surface area contributed by atoms with E-state index >= 15 is 0 Å². The molecule has 0 fully saturated rings. The molecule has 0 aliphatic heterocycles. The second-order valence-corrected chi connectivity index (χ2v) is 3.78. The first kappa shape index (κ1) is 12.1. The highest BCUT2D eigenvalue weighted by molar-refractivity contribution is 5.30. The minimum Gasteiger partial charge on any atom is -0.634 e. The molecular weight excluding hydrogens is 194 g/mol. The topological polar surface area (TPSA) is 81.0 Å². The monoisotopic (exact) mass is 211 g/mol. The Labute approximate surface area is 89.2 Å². The van der Waals surface area contributed by atoms with Crippen LogP contribution in [-0.2, 0) is 13.1 Å². The predicted octanol–water partition coefficient (Wildman–Crippen LogP) is -1.74. The summed E-state index contributed by atoms with van der Waals surface area (Å²) in [6.45, 7) is 2.62. The van der Waals surface area contributed by atoms with Crippen molar-refractivity contribution in [1.29, 1.82) is 0 Å². The zero-order valence-electron chi connectivity index (χ0n) is 9.04. The van der Waals surface area contributed by atoms with Crippen LogP contribution in [0.2, 0.25) is 0 Å². The van der Waals surface area contributed by atoms with E-state index in [4.69, 9.17) is 5.84 Å². The van der Waals surface area contributed by atoms with E-state index in [1.54, 1.807) is 7.05 Å². The number of nitrogens with one attached hydrogen (secondary N) is 2. The van der Waals surface area contributed by atoms with E-state index in [-0.39, 0.29) is 16.8 Å². The van der Waals surface area contributed by atoms with Gasteiger partial charge in [0.1, 0.15) is 13.1 Å². The van der Waals surface area contributed by atoms with Crippen LogP contribution in [0.1, 0.15) is 16.7 Å². The minimum absolute atomic E-state index is 0.136. The van der Waals surface area contributed by atoms with Crippen LogP contribution in [0.25, 0.3) is 0 Å². The molecule has 5 heteroatoms. The Morgan fingerprint density at radius 3 is 2.40 bits per heavy atom. The van der Waals surface area contributed by atoms with Crippen LogP contribution in [0, 0.1) is 17.3 Å². The van der Waals surface area contributed by atoms with Crippen molar-refractivity contribution in [3.63, 3.8) is 0 Å². The van der Waals surface area contributed by atoms with Gasteiger partial charge in [0.05, 0.1) is 7.05 Å². The van der Waals surface area contributed by atoms with Crippen LogP contribution < -0.4 is 16.1 Å². The van der Waals surface area contributed by atoms with Crippen LogP contribution in [0.15, 0.2) is 18.2 Å². The third kappa shape index (κ3) is 3.94. The Balaban J connectivity index is 2.78. The zero-order valence-corrected chi connectivity index (χ0v) is 9.04. The van der Waals surface area contributed by atoms with Crippen molar-refractivity contribution in [3.05, 3.63) is 45.3 Å². The first-order valence-electron chi connectivity index (χ1n) is 4.85. The Kier molecular flexibility index (Phi) is 4.19. The highest BCUT2D eigenvalue weighted by Gasteiger charge is 2.03. The molecule has 5 nitrogen and oxygen atoms in total. The summed E-state index contributed by atoms with van der Waals surface area (Å²) in [6.07, 6.45) is 0. The molecule has 0 radical (unpaired) electrons. The van der Waals surface area contributed by atoms with E-state index in [1.165, 1.54) is 0 Å². The summed E-state index contributed by atoms with van der Waals surface area (Å²) in [5, 5.41) is 21.5. The zero-order chi connectivity index (χ0) is 11.4. The molecule has 0 aromatic heterocycles. The lowest BCUT2D eigenvalue weighted by Crippen LogP contribution is -3.11. The highest BCUT2D eigenvalue weighted by atomic mass is 16.5. The summed E-state index contributed by atoms with van der Waals surface area (Å²) in [6, 6.07) is 5.66. The second kappa shape index (κ2) is 5.20. The standard InChI is InChI=1S/C10H17N3O2/c1-8-5-9(6-12(2)14)3-4-10(8)7-13(11)15/h3-5,12-13H,6-7,11H2,1-2H3. The summed E-state index contributed by atoms with van der Waals surface area (Å²) in [5.41, 5.74) is 2.91. The quantitative estimate of drug-likeness (QED) is 0.408. The fourth-order valence-electron chi connectivity index (χ4n) is 1.54. The number of aryl methyl sites for hydroxylation is 1. The van der Waals surface area contributed by atoms with E-state index in [9.17, 15) is 10.4 Å². The number of hydrogen-bond acceptors (Lipinski definition) is 3. The lowest BCUT2D eigenvalue weighted by molar-refractivity contribution is -0.875. The van der Waals surface area contributed by atoms with Crippen LogP contribution >= 0.6 is 0 Å². The molecule has 0 spiro atoms. The van der Waals surface area contributed by atoms with Gasteiger partial charge < -0.3 is 15.5 Å². The first-order chi connectivity index (χ1) is 6.99. The van der Waals surface area contributed by atoms with Gasteiger partial charge in [-0.05, 0) is 18.6 Å². The molecule has 0 saturated heterocycles. The number of rotatable bonds is 4. The van der Waals surface area contributed by atoms with Crippen molar-refractivity contribution < 1.29 is 10.2 Å². The van der Waals surface area contributed by atoms with E-state index in [0.717, 1.165) is 16.7 Å². The molecule has 2 atom stereocenters. The van der Waals surface area contributed by atoms with Crippen molar-refractivity contribution in [3.8, 4) is 0 Å². The third-order valence-electron chi connectivity index (χ3n) is 2.22. The second-order valence-electron chi connectivity index (χ2n) is 3.78. The summed E-state index contributed by atoms with van der Waals surface area (Å²) < 4.78 is 0. The number of nitrogens with two attached hydrogens (primary N) is 1. The van der Waals surface area contributed by atoms with Gasteiger partial charge in [0.2, 0.25) is 0 Å². The molecule has 0 amide bonds. The normalized spacial score (nSPS) is 15.0. The van der Waals surface area contributed by atoms with E-state index in [1.807, 2.05) is 25.1 Å². The van der Waals surface area contributed by atoms with Crippen molar-refractivity contribution >= 4 is 0 Å². The first-order valence-corrected chi connectivity index (χ1v) is 4.85. The molecule has 1 rings (SSSR count). The molecular formula is C10H17N3O2. The fraction of sp³-hybridized carbons (Fsp3) is 0.400. The number of quaternary nitrogens is 2. The molecule has 0 aliphatic carbocycles. The molecule has 1 aromatic carbocycles. The van der Waals surface area contributed by atoms with Gasteiger partial charge in [0.15, 0.2) is 0 Å². The van der Waals surface area contributed by atoms with Crippen molar-refractivity contribution in [2.75, 3.05) is 7.05 Å². The van der Waals surface area contributed by atoms with Gasteiger partial charge in [-0.15, -0.1) is 0 Å². The van der Waals surface area contributed by atoms with Crippen molar-refractivity contribution in [2.24, 2.45) is 5.84 Å². The van der Waals surface area contributed by atoms with Crippen LogP contribution in [0.3, 0.4) is 0 Å². The molecule has 0 aliphatic rings. The maximum atomic E-state index is 10.9. The lowest BCUT2D eigenvalue weighted by Gasteiger charge is -2.18. The molecule has 4 N–H and O–H groups in total. The van der Waals surface area contributed by atoms with E-state index in [2.05, 4.69) is 0 Å². The Bertz CT molecular complexity index is 326. The Morgan fingerprint density at radius 2 is 1.93 bits per heavy atom. The number of hydrogen-bond donors (Lipinski definition) is 3. The fourth-order valence-corrected chi connectivity index (χ4v) is 1.54. The summed E-state index contributed by atoms with van der Waals surface area (Å²) in [4.78, 5) is 0. The van der Waals surface area contributed by atoms with Gasteiger partial charge in [-0.1, -0.05) is 12.1 Å². The average Bonchev–Trinajstić information content (AvgIpc) is 2.08. The SMILES string of the molecule is Cc1cc(C[NH+](C)[O-])ccc1C[NH+](N)[O-]. The van der Waals surface area contributed by atoms with Gasteiger partial charge in [-0.25, -0.2) is 0 Å². The van der Waals surface area contributed by atoms with Gasteiger partial charge in [-0.3, -0.25) is 5.17 Å². The van der Waals surface area contributed by atoms with E-state index < -0.39 is 0 Å². The van der Waals surface area contributed by atoms with Gasteiger partial charge >= 0.3 is 0 Å². The maximum Gasteiger partial charge on any atom is 0.120 e. The van der Waals surface area contributed by atoms with Crippen LogP contribution in [-0.4, -0.2) is 7.05 Å². The van der Waals surface area contributed by atoms with Crippen molar-refractivity contribution in [2.45, 2.75) is 20.0 Å². The maximum absolute atomic E-state index is 10.9. The summed E-state index contributed by atoms with van der Waals surface area (Å²) in [5.74, 6) is 5.12. The summed E-state index contributed by atoms with van der Waals surface area (Å²) in [7, 11) is 1.56. The summed E-state index contributed by atoms with van der Waals surface area (Å²) >= 11 is 0. The molecule has 0 saturated carbocycles. The minimum atomic E-state index is -0.336. The Morgan fingerprint density at radius 1 is 1.27 bits per heavy atom. The Hall–Kier alpha value is -0.980. The molecule has 0 bridgehead atoms. The van der Waals surface area contributed by atoms with Crippen LogP contribution in [0.5, 0.6) is 0 Å². The van der Waals surface area contributed by atoms with E-state index in [0.29, 0.717) is 6.54 Å². The average molecular weight is 211 g/mol. The number of hydroxylamine groups is 3. The molecule has 0 heterocycles. The predicted molar refractivity (Wildman–Crippen MR) is 57.4 cm³/mol. The third-order valence-corrected chi connectivity index (χ3v) is 2.22. The smallest absolute Gasteiger partial charge is 0.120 e. The van der Waals surface area contributed by atoms with Gasteiger partial charge in [-0.2, -0.15) is 5.84 Å². The lowest BCUT2D eigenvalue weighted by atomic mass is 10.1. The van der Waals surface area contributed by atoms with Crippen molar-refractivity contribution in [1.82, 2.24) is 0 Å². The molecule has 2 unspecified atom stereocenters. The number of benzene rings is 1. The molecule has 1 aromatic rings. The molecule has 84 valence electrons. The van der Waals surface area contributed by atoms with Gasteiger partial charge in [0, 0.05) is 11.1 Å². The molecule has 15 heavy (non-hydrogen) atoms. The van der Waals surface area contributed by atoms with Crippen LogP contribution in [0.4, 0.5) is 0 Å². The highest BCUT2D eigenvalue weighted by Crippen LogP contribution is 2.09. The largest absolute Gasteiger partial charge is 0.634 e.